The Labute approximate surface area is 116 Å². The van der Waals surface area contributed by atoms with Gasteiger partial charge in [0.15, 0.2) is 0 Å². The molecule has 0 unspecified atom stereocenters. The van der Waals surface area contributed by atoms with Crippen LogP contribution in [0.4, 0.5) is 11.5 Å². The Hall–Kier alpha value is -2.07. The topological polar surface area (TPSA) is 68.0 Å². The maximum Gasteiger partial charge on any atom is 0.225 e. The van der Waals surface area contributed by atoms with Gasteiger partial charge in [0.05, 0.1) is 5.02 Å². The standard InChI is InChI=1S/C14H14ClN3O/c15-11-5-6-13(17-9-11)18-14(19)7-4-10-2-1-3-12(16)8-10/h1-3,5-6,8-9H,4,7,16H2,(H,17,18,19). The van der Waals surface area contributed by atoms with Gasteiger partial charge in [0.1, 0.15) is 5.82 Å². The minimum Gasteiger partial charge on any atom is -0.399 e. The highest BCUT2D eigenvalue weighted by Gasteiger charge is 2.04. The van der Waals surface area contributed by atoms with Crippen LogP contribution in [0.1, 0.15) is 12.0 Å². The molecule has 2 rings (SSSR count). The maximum absolute atomic E-state index is 11.7. The number of nitrogens with one attached hydrogen (secondary N) is 1. The summed E-state index contributed by atoms with van der Waals surface area (Å²) in [6.07, 6.45) is 2.52. The summed E-state index contributed by atoms with van der Waals surface area (Å²) in [6.45, 7) is 0. The van der Waals surface area contributed by atoms with Gasteiger partial charge in [0.2, 0.25) is 5.91 Å². The molecule has 19 heavy (non-hydrogen) atoms. The van der Waals surface area contributed by atoms with Crippen molar-refractivity contribution >= 4 is 29.0 Å². The van der Waals surface area contributed by atoms with Gasteiger partial charge >= 0.3 is 0 Å². The van der Waals surface area contributed by atoms with Crippen LogP contribution in [0.2, 0.25) is 5.02 Å². The molecule has 1 aromatic heterocycles. The van der Waals surface area contributed by atoms with E-state index in [0.29, 0.717) is 29.4 Å². The number of nitrogen functional groups attached to an aromatic ring is 1. The number of carbonyl (C=O) groups excluding carboxylic acids is 1. The van der Waals surface area contributed by atoms with Crippen LogP contribution < -0.4 is 11.1 Å². The van der Waals surface area contributed by atoms with Gasteiger partial charge in [-0.3, -0.25) is 4.79 Å². The molecule has 0 fully saturated rings. The minimum atomic E-state index is -0.0859. The predicted octanol–water partition coefficient (Wildman–Crippen LogP) is 2.89. The second-order valence-corrected chi connectivity index (χ2v) is 4.59. The number of nitrogens with two attached hydrogens (primary N) is 1. The normalized spacial score (nSPS) is 10.2. The Bertz CT molecular complexity index is 569. The summed E-state index contributed by atoms with van der Waals surface area (Å²) in [5.74, 6) is 0.416. The van der Waals surface area contributed by atoms with Gasteiger partial charge in [-0.1, -0.05) is 23.7 Å². The second-order valence-electron chi connectivity index (χ2n) is 4.15. The lowest BCUT2D eigenvalue weighted by atomic mass is 10.1. The molecule has 0 saturated carbocycles. The van der Waals surface area contributed by atoms with E-state index in [1.807, 2.05) is 24.3 Å². The molecule has 1 heterocycles. The van der Waals surface area contributed by atoms with E-state index >= 15 is 0 Å². The van der Waals surface area contributed by atoms with Gasteiger partial charge in [0, 0.05) is 18.3 Å². The van der Waals surface area contributed by atoms with Gasteiger partial charge in [0.25, 0.3) is 0 Å². The first-order chi connectivity index (χ1) is 9.13. The number of benzene rings is 1. The number of hydrogen-bond acceptors (Lipinski definition) is 3. The number of aryl methyl sites for hydroxylation is 1. The van der Waals surface area contributed by atoms with Crippen molar-refractivity contribution in [3.05, 3.63) is 53.2 Å². The average Bonchev–Trinajstić information content (AvgIpc) is 2.39. The van der Waals surface area contributed by atoms with E-state index in [2.05, 4.69) is 10.3 Å². The zero-order chi connectivity index (χ0) is 13.7. The molecule has 0 spiro atoms. The quantitative estimate of drug-likeness (QED) is 0.843. The van der Waals surface area contributed by atoms with Crippen molar-refractivity contribution in [2.24, 2.45) is 0 Å². The molecule has 0 aliphatic heterocycles. The first kappa shape index (κ1) is 13.4. The molecule has 2 aromatic rings. The Balaban J connectivity index is 1.86. The molecular formula is C14H14ClN3O. The van der Waals surface area contributed by atoms with Crippen LogP contribution in [0.3, 0.4) is 0 Å². The third kappa shape index (κ3) is 4.26. The van der Waals surface area contributed by atoms with E-state index < -0.39 is 0 Å². The number of nitrogens with zero attached hydrogens (tertiary/aromatic N) is 1. The highest BCUT2D eigenvalue weighted by Crippen LogP contribution is 2.11. The highest BCUT2D eigenvalue weighted by molar-refractivity contribution is 6.30. The number of carbonyl (C=O) groups is 1. The SMILES string of the molecule is Nc1cccc(CCC(=O)Nc2ccc(Cl)cn2)c1. The number of halogens is 1. The molecule has 0 bridgehead atoms. The zero-order valence-corrected chi connectivity index (χ0v) is 11.0. The van der Waals surface area contributed by atoms with Crippen LogP contribution in [-0.4, -0.2) is 10.9 Å². The summed E-state index contributed by atoms with van der Waals surface area (Å²) in [5, 5.41) is 3.25. The van der Waals surface area contributed by atoms with Crippen molar-refractivity contribution in [2.45, 2.75) is 12.8 Å². The third-order valence-electron chi connectivity index (χ3n) is 2.59. The second kappa shape index (κ2) is 6.20. The first-order valence-corrected chi connectivity index (χ1v) is 6.27. The van der Waals surface area contributed by atoms with Gasteiger partial charge in [-0.25, -0.2) is 4.98 Å². The molecule has 3 N–H and O–H groups in total. The summed E-state index contributed by atoms with van der Waals surface area (Å²) in [5.41, 5.74) is 7.43. The average molecular weight is 276 g/mol. The molecule has 0 atom stereocenters. The van der Waals surface area contributed by atoms with Crippen LogP contribution >= 0.6 is 11.6 Å². The molecule has 1 aromatic carbocycles. The van der Waals surface area contributed by atoms with Crippen molar-refractivity contribution in [2.75, 3.05) is 11.1 Å². The summed E-state index contributed by atoms with van der Waals surface area (Å²) in [4.78, 5) is 15.7. The fraction of sp³-hybridized carbons (Fsp3) is 0.143. The molecule has 0 saturated heterocycles. The Kier molecular flexibility index (Phi) is 4.36. The number of aromatic nitrogens is 1. The van der Waals surface area contributed by atoms with E-state index in [0.717, 1.165) is 5.56 Å². The monoisotopic (exact) mass is 275 g/mol. The molecule has 0 radical (unpaired) electrons. The molecule has 5 heteroatoms. The third-order valence-corrected chi connectivity index (χ3v) is 2.81. The number of amides is 1. The van der Waals surface area contributed by atoms with E-state index in [1.165, 1.54) is 6.20 Å². The lowest BCUT2D eigenvalue weighted by Gasteiger charge is -2.05. The lowest BCUT2D eigenvalue weighted by molar-refractivity contribution is -0.116. The molecule has 0 aliphatic rings. The van der Waals surface area contributed by atoms with Gasteiger partial charge in [-0.15, -0.1) is 0 Å². The summed E-state index contributed by atoms with van der Waals surface area (Å²) < 4.78 is 0. The Morgan fingerprint density at radius 2 is 2.16 bits per heavy atom. The minimum absolute atomic E-state index is 0.0859. The molecule has 98 valence electrons. The van der Waals surface area contributed by atoms with Crippen LogP contribution in [0, 0.1) is 0 Å². The Morgan fingerprint density at radius 3 is 2.84 bits per heavy atom. The fourth-order valence-electron chi connectivity index (χ4n) is 1.66. The summed E-state index contributed by atoms with van der Waals surface area (Å²) in [7, 11) is 0. The van der Waals surface area contributed by atoms with Gasteiger partial charge in [-0.05, 0) is 36.2 Å². The smallest absolute Gasteiger partial charge is 0.225 e. The van der Waals surface area contributed by atoms with Crippen LogP contribution in [0.5, 0.6) is 0 Å². The Morgan fingerprint density at radius 1 is 1.32 bits per heavy atom. The van der Waals surface area contributed by atoms with Crippen LogP contribution in [0.25, 0.3) is 0 Å². The van der Waals surface area contributed by atoms with Crippen LogP contribution in [-0.2, 0) is 11.2 Å². The number of hydrogen-bond donors (Lipinski definition) is 2. The summed E-state index contributed by atoms with van der Waals surface area (Å²) in [6, 6.07) is 10.9. The van der Waals surface area contributed by atoms with Crippen molar-refractivity contribution in [1.82, 2.24) is 4.98 Å². The zero-order valence-electron chi connectivity index (χ0n) is 10.3. The largest absolute Gasteiger partial charge is 0.399 e. The van der Waals surface area contributed by atoms with E-state index in [9.17, 15) is 4.79 Å². The lowest BCUT2D eigenvalue weighted by Crippen LogP contribution is -2.13. The predicted molar refractivity (Wildman–Crippen MR) is 77.1 cm³/mol. The van der Waals surface area contributed by atoms with Crippen molar-refractivity contribution in [3.8, 4) is 0 Å². The number of pyridine rings is 1. The fourth-order valence-corrected chi connectivity index (χ4v) is 1.77. The summed E-state index contributed by atoms with van der Waals surface area (Å²) >= 11 is 5.72. The van der Waals surface area contributed by atoms with Crippen molar-refractivity contribution < 1.29 is 4.79 Å². The molecule has 0 aliphatic carbocycles. The molecular weight excluding hydrogens is 262 g/mol. The van der Waals surface area contributed by atoms with Crippen molar-refractivity contribution in [3.63, 3.8) is 0 Å². The van der Waals surface area contributed by atoms with Gasteiger partial charge < -0.3 is 11.1 Å². The first-order valence-electron chi connectivity index (χ1n) is 5.89. The van der Waals surface area contributed by atoms with E-state index in [4.69, 9.17) is 17.3 Å². The highest BCUT2D eigenvalue weighted by atomic mass is 35.5. The number of rotatable bonds is 4. The molecule has 1 amide bonds. The van der Waals surface area contributed by atoms with E-state index in [-0.39, 0.29) is 5.91 Å². The van der Waals surface area contributed by atoms with E-state index in [1.54, 1.807) is 12.1 Å². The maximum atomic E-state index is 11.7. The van der Waals surface area contributed by atoms with Crippen molar-refractivity contribution in [1.29, 1.82) is 0 Å². The van der Waals surface area contributed by atoms with Gasteiger partial charge in [-0.2, -0.15) is 0 Å². The number of anilines is 2. The molecule has 4 nitrogen and oxygen atoms in total. The van der Waals surface area contributed by atoms with Crippen LogP contribution in [0.15, 0.2) is 42.6 Å².